The van der Waals surface area contributed by atoms with Crippen LogP contribution in [0.2, 0.25) is 0 Å². The summed E-state index contributed by atoms with van der Waals surface area (Å²) in [6, 6.07) is 20.8. The van der Waals surface area contributed by atoms with Crippen LogP contribution in [-0.4, -0.2) is 56.9 Å². The fraction of sp³-hybridized carbons (Fsp3) is 0.429. The molecule has 2 saturated heterocycles. The van der Waals surface area contributed by atoms with Crippen molar-refractivity contribution in [2.45, 2.75) is 46.5 Å². The van der Waals surface area contributed by atoms with Gasteiger partial charge in [-0.1, -0.05) is 32.0 Å². The fourth-order valence-electron chi connectivity index (χ4n) is 5.52. The summed E-state index contributed by atoms with van der Waals surface area (Å²) < 4.78 is 4.54. The number of nitriles is 1. The van der Waals surface area contributed by atoms with Crippen molar-refractivity contribution in [2.75, 3.05) is 55.0 Å². The second kappa shape index (κ2) is 15.3. The molecule has 43 heavy (non-hydrogen) atoms. The number of nitrogens with one attached hydrogen (secondary N) is 2. The normalized spacial score (nSPS) is 15.1. The summed E-state index contributed by atoms with van der Waals surface area (Å²) >= 11 is 0. The van der Waals surface area contributed by atoms with Gasteiger partial charge in [-0.3, -0.25) is 4.79 Å². The van der Waals surface area contributed by atoms with Crippen LogP contribution in [0.4, 0.5) is 22.9 Å². The van der Waals surface area contributed by atoms with E-state index in [1.165, 1.54) is 18.5 Å². The van der Waals surface area contributed by atoms with E-state index in [2.05, 4.69) is 67.3 Å². The predicted octanol–water partition coefficient (Wildman–Crippen LogP) is 7.32. The number of aldehydes is 1. The third-order valence-corrected chi connectivity index (χ3v) is 8.10. The first-order valence-corrected chi connectivity index (χ1v) is 15.3. The molecule has 3 aromatic rings. The van der Waals surface area contributed by atoms with E-state index in [0.29, 0.717) is 22.8 Å². The van der Waals surface area contributed by atoms with E-state index in [0.717, 1.165) is 74.4 Å². The number of hydrogen-bond acceptors (Lipinski definition) is 8. The highest BCUT2D eigenvalue weighted by atomic mass is 16.5. The number of piperidine rings is 1. The summed E-state index contributed by atoms with van der Waals surface area (Å²) in [5, 5.41) is 21.7. The summed E-state index contributed by atoms with van der Waals surface area (Å²) in [6.07, 6.45) is 4.95. The topological polar surface area (TPSA) is 105 Å². The van der Waals surface area contributed by atoms with Gasteiger partial charge in [-0.25, -0.2) is 4.98 Å². The van der Waals surface area contributed by atoms with Gasteiger partial charge in [0.1, 0.15) is 11.5 Å². The maximum atomic E-state index is 12.0. The van der Waals surface area contributed by atoms with E-state index in [1.807, 2.05) is 32.9 Å². The number of pyridine rings is 1. The standard InChI is InChI=1S/C32H36N6O.C3H8O/c1-22(2)31(34)30-29(24-8-10-27(11-9-24)38-16-12-23(20-33)13-17-38)19-26(21-39)36-32(30)35-25-6-5-7-28(18-25)37-14-3-4-15-37;1-3-4-2/h5-11,18-19,21-23,34H,3-4,12-17H2,1-2H3,(H,35,36);3H2,1-2H3. The van der Waals surface area contributed by atoms with Crippen LogP contribution in [0.3, 0.4) is 0 Å². The van der Waals surface area contributed by atoms with Crippen LogP contribution in [0.5, 0.6) is 0 Å². The number of ether oxygens (including phenoxy) is 1. The molecule has 2 N–H and O–H groups in total. The molecule has 0 bridgehead atoms. The van der Waals surface area contributed by atoms with Crippen molar-refractivity contribution < 1.29 is 9.53 Å². The molecule has 0 spiro atoms. The molecule has 0 amide bonds. The smallest absolute Gasteiger partial charge is 0.168 e. The lowest BCUT2D eigenvalue weighted by molar-refractivity contribution is 0.111. The highest BCUT2D eigenvalue weighted by Crippen LogP contribution is 2.35. The van der Waals surface area contributed by atoms with E-state index < -0.39 is 0 Å². The monoisotopic (exact) mass is 580 g/mol. The second-order valence-electron chi connectivity index (χ2n) is 11.4. The molecule has 226 valence electrons. The molecule has 0 saturated carbocycles. The number of methoxy groups -OCH3 is 1. The molecule has 2 aliphatic heterocycles. The Hall–Kier alpha value is -4.22. The van der Waals surface area contributed by atoms with Crippen molar-refractivity contribution in [3.63, 3.8) is 0 Å². The van der Waals surface area contributed by atoms with E-state index in [-0.39, 0.29) is 11.8 Å². The Kier molecular flexibility index (Phi) is 11.3. The molecule has 8 heteroatoms. The fourth-order valence-corrected chi connectivity index (χ4v) is 5.52. The summed E-state index contributed by atoms with van der Waals surface area (Å²) in [6.45, 7) is 10.6. The summed E-state index contributed by atoms with van der Waals surface area (Å²) in [5.74, 6) is 0.644. The molecule has 2 aliphatic rings. The van der Waals surface area contributed by atoms with Gasteiger partial charge in [0.2, 0.25) is 0 Å². The first-order chi connectivity index (χ1) is 20.9. The first kappa shape index (κ1) is 31.7. The molecule has 0 aliphatic carbocycles. The minimum atomic E-state index is -0.0233. The van der Waals surface area contributed by atoms with E-state index in [9.17, 15) is 10.1 Å². The van der Waals surface area contributed by atoms with Crippen LogP contribution in [0, 0.1) is 28.6 Å². The van der Waals surface area contributed by atoms with Crippen molar-refractivity contribution >= 4 is 34.9 Å². The first-order valence-electron chi connectivity index (χ1n) is 15.3. The van der Waals surface area contributed by atoms with Crippen LogP contribution in [0.25, 0.3) is 11.1 Å². The average Bonchev–Trinajstić information content (AvgIpc) is 3.60. The van der Waals surface area contributed by atoms with Crippen molar-refractivity contribution in [2.24, 2.45) is 11.8 Å². The minimum Gasteiger partial charge on any atom is -0.385 e. The van der Waals surface area contributed by atoms with Crippen LogP contribution < -0.4 is 15.1 Å². The Morgan fingerprint density at radius 1 is 1.07 bits per heavy atom. The molecule has 2 aromatic carbocycles. The molecular weight excluding hydrogens is 536 g/mol. The average molecular weight is 581 g/mol. The number of aromatic nitrogens is 1. The molecule has 8 nitrogen and oxygen atoms in total. The van der Waals surface area contributed by atoms with Crippen molar-refractivity contribution in [1.82, 2.24) is 4.98 Å². The lowest BCUT2D eigenvalue weighted by Crippen LogP contribution is -2.33. The largest absolute Gasteiger partial charge is 0.385 e. The van der Waals surface area contributed by atoms with Gasteiger partial charge in [-0.2, -0.15) is 5.26 Å². The maximum absolute atomic E-state index is 12.0. The molecule has 5 rings (SSSR count). The zero-order valence-corrected chi connectivity index (χ0v) is 25.9. The number of anilines is 4. The Bertz CT molecular complexity index is 1410. The van der Waals surface area contributed by atoms with Crippen LogP contribution in [-0.2, 0) is 4.74 Å². The molecule has 1 aromatic heterocycles. The molecule has 0 radical (unpaired) electrons. The molecule has 0 atom stereocenters. The SMILES string of the molecule is CC(C)C(=N)c1c(-c2ccc(N3CCC(C#N)CC3)cc2)cc(C=O)nc1Nc1cccc(N2CCCC2)c1.CCOC. The van der Waals surface area contributed by atoms with Crippen molar-refractivity contribution in [3.05, 3.63) is 65.9 Å². The molecule has 2 fully saturated rings. The Balaban J connectivity index is 0.000000996. The van der Waals surface area contributed by atoms with Crippen LogP contribution >= 0.6 is 0 Å². The number of nitrogens with zero attached hydrogens (tertiary/aromatic N) is 4. The summed E-state index contributed by atoms with van der Waals surface area (Å²) in [4.78, 5) is 21.3. The zero-order valence-electron chi connectivity index (χ0n) is 25.9. The third-order valence-electron chi connectivity index (χ3n) is 8.10. The van der Waals surface area contributed by atoms with Gasteiger partial charge in [0.15, 0.2) is 6.29 Å². The minimum absolute atomic E-state index is 0.0233. The predicted molar refractivity (Wildman–Crippen MR) is 176 cm³/mol. The van der Waals surface area contributed by atoms with E-state index in [4.69, 9.17) is 5.41 Å². The zero-order chi connectivity index (χ0) is 30.8. The van der Waals surface area contributed by atoms with E-state index >= 15 is 0 Å². The van der Waals surface area contributed by atoms with Crippen molar-refractivity contribution in [3.8, 4) is 17.2 Å². The Morgan fingerprint density at radius 3 is 2.30 bits per heavy atom. The molecular formula is C35H44N6O2. The number of carbonyl (C=O) groups is 1. The summed E-state index contributed by atoms with van der Waals surface area (Å²) in [7, 11) is 1.68. The Morgan fingerprint density at radius 2 is 1.72 bits per heavy atom. The number of rotatable bonds is 9. The van der Waals surface area contributed by atoms with Gasteiger partial charge in [0, 0.05) is 74.2 Å². The van der Waals surface area contributed by atoms with Crippen LogP contribution in [0.1, 0.15) is 62.5 Å². The van der Waals surface area contributed by atoms with E-state index in [1.54, 1.807) is 13.2 Å². The van der Waals surface area contributed by atoms with Crippen molar-refractivity contribution in [1.29, 1.82) is 10.7 Å². The highest BCUT2D eigenvalue weighted by Gasteiger charge is 2.22. The quantitative estimate of drug-likeness (QED) is 0.202. The molecule has 3 heterocycles. The maximum Gasteiger partial charge on any atom is 0.168 e. The highest BCUT2D eigenvalue weighted by molar-refractivity contribution is 6.10. The summed E-state index contributed by atoms with van der Waals surface area (Å²) in [5.41, 5.74) is 6.43. The lowest BCUT2D eigenvalue weighted by atomic mass is 9.91. The molecule has 0 unspecified atom stereocenters. The Labute approximate surface area is 256 Å². The lowest BCUT2D eigenvalue weighted by Gasteiger charge is -2.31. The van der Waals surface area contributed by atoms with Gasteiger partial charge >= 0.3 is 0 Å². The van der Waals surface area contributed by atoms with Gasteiger partial charge in [-0.15, -0.1) is 0 Å². The van der Waals surface area contributed by atoms with Gasteiger partial charge in [0.25, 0.3) is 0 Å². The van der Waals surface area contributed by atoms with Gasteiger partial charge in [-0.05, 0) is 86.1 Å². The van der Waals surface area contributed by atoms with Gasteiger partial charge in [0.05, 0.1) is 6.07 Å². The number of benzene rings is 2. The van der Waals surface area contributed by atoms with Gasteiger partial charge < -0.3 is 25.3 Å². The van der Waals surface area contributed by atoms with Crippen LogP contribution in [0.15, 0.2) is 54.6 Å². The number of carbonyl (C=O) groups excluding carboxylic acids is 1. The number of hydrogen-bond donors (Lipinski definition) is 2. The third kappa shape index (κ3) is 7.99. The second-order valence-corrected chi connectivity index (χ2v) is 11.4.